The predicted molar refractivity (Wildman–Crippen MR) is 275 cm³/mol. The molecule has 0 bridgehead atoms. The zero-order chi connectivity index (χ0) is 76.3. The van der Waals surface area contributed by atoms with Crippen molar-refractivity contribution in [1.82, 2.24) is 14.5 Å². The van der Waals surface area contributed by atoms with Crippen LogP contribution in [0.5, 0.6) is 5.75 Å². The van der Waals surface area contributed by atoms with Crippen LogP contribution >= 0.6 is 0 Å². The Morgan fingerprint density at radius 3 is 1.97 bits per heavy atom. The molecule has 4 nitrogen and oxygen atoms in total. The zero-order valence-electron chi connectivity index (χ0n) is 71.3. The number of phenolic OH excluding ortho intramolecular Hbond substituents is 1. The number of benzene rings is 6. The third-order valence-corrected chi connectivity index (χ3v) is 10.9. The molecule has 0 radical (unpaired) electrons. The van der Waals surface area contributed by atoms with Gasteiger partial charge < -0.3 is 5.11 Å². The Balaban J connectivity index is 0.0000143. The summed E-state index contributed by atoms with van der Waals surface area (Å²) in [5.41, 5.74) is -20.5. The maximum atomic E-state index is 13.1. The molecule has 66 heavy (non-hydrogen) atoms. The number of phenols is 1. The van der Waals surface area contributed by atoms with Crippen molar-refractivity contribution in [2.45, 2.75) is 124 Å². The summed E-state index contributed by atoms with van der Waals surface area (Å²) in [6.45, 7) is -29.3. The molecule has 1 N–H and O–H groups in total. The molecular weight excluding hydrogens is 986 g/mol. The van der Waals surface area contributed by atoms with E-state index in [1.54, 1.807) is 77.1 Å². The van der Waals surface area contributed by atoms with Crippen molar-refractivity contribution < 1.29 is 74.1 Å². The van der Waals surface area contributed by atoms with E-state index < -0.39 is 182 Å². The van der Waals surface area contributed by atoms with Gasteiger partial charge in [0.15, 0.2) is 0 Å². The molecule has 0 saturated carbocycles. The van der Waals surface area contributed by atoms with E-state index in [9.17, 15) is 9.22 Å². The van der Waals surface area contributed by atoms with E-state index in [4.69, 9.17) is 48.8 Å². The fourth-order valence-electron chi connectivity index (χ4n) is 7.41. The van der Waals surface area contributed by atoms with Crippen LogP contribution in [0.2, 0.25) is 0 Å². The van der Waals surface area contributed by atoms with E-state index in [1.165, 1.54) is 41.0 Å². The second-order valence-corrected chi connectivity index (χ2v) is 17.1. The summed E-state index contributed by atoms with van der Waals surface area (Å²) < 4.78 is 308. The van der Waals surface area contributed by atoms with Crippen LogP contribution < -0.4 is 0 Å². The maximum Gasteiger partial charge on any atom is 0.148 e. The Morgan fingerprint density at radius 1 is 0.636 bits per heavy atom. The van der Waals surface area contributed by atoms with Crippen molar-refractivity contribution in [1.29, 1.82) is 0 Å². The van der Waals surface area contributed by atoms with Crippen molar-refractivity contribution in [3.63, 3.8) is 0 Å². The van der Waals surface area contributed by atoms with Crippen LogP contribution in [0, 0.1) is 6.07 Å². The first-order valence-electron chi connectivity index (χ1n) is 37.7. The SMILES string of the molecule is [2H]c1nc(-c2[c-]c(-c3cccc4c3nc(-c3cc(C(C([2H])([2H])[2H])(C([2H])([2H])[2H])C([2H])([2H])[2H])cc(C(C([2H])([2H])[2H])(C([2H])([2H])[2H])C([2H])([2H])[2H])c3O)n4-c3ccc(C([2H])(C)C)cc3-c3ccccc3)cc(C(C)(C)C)c2)c([2H])c(-c2c([2H])c([2H])c(C(C([2H])([2H])[2H])(C([2H])([2H])[2H])C([2H])([2H])[2H])c([2H])c2[2H])c1[2H].[Pt]. The van der Waals surface area contributed by atoms with Crippen molar-refractivity contribution >= 4 is 11.0 Å². The molecule has 0 spiro atoms. The third-order valence-electron chi connectivity index (χ3n) is 10.9. The molecule has 8 aromatic rings. The van der Waals surface area contributed by atoms with Crippen LogP contribution in [0.15, 0.2) is 133 Å². The van der Waals surface area contributed by atoms with Gasteiger partial charge in [-0.3, -0.25) is 9.55 Å². The first-order valence-corrected chi connectivity index (χ1v) is 20.2. The quantitative estimate of drug-likeness (QED) is 0.162. The summed E-state index contributed by atoms with van der Waals surface area (Å²) in [6, 6.07) is 16.7. The largest absolute Gasteiger partial charge is 0.507 e. The molecular formula is C61H66N3OPt-. The van der Waals surface area contributed by atoms with Crippen LogP contribution in [-0.4, -0.2) is 19.6 Å². The summed E-state index contributed by atoms with van der Waals surface area (Å²) in [6.07, 6.45) is -0.972. The number of imidazole rings is 1. The monoisotopic (exact) mass is 1090 g/mol. The van der Waals surface area contributed by atoms with Crippen LogP contribution in [0.1, 0.15) is 178 Å². The minimum Gasteiger partial charge on any atom is -0.507 e. The Kier molecular flexibility index (Phi) is 5.63. The molecule has 8 rings (SSSR count). The summed E-state index contributed by atoms with van der Waals surface area (Å²) in [7, 11) is 0. The summed E-state index contributed by atoms with van der Waals surface area (Å²) in [4.78, 5) is 9.29. The van der Waals surface area contributed by atoms with Gasteiger partial charge in [0.1, 0.15) is 11.6 Å². The van der Waals surface area contributed by atoms with Gasteiger partial charge in [-0.2, -0.15) is 0 Å². The molecule has 0 aliphatic carbocycles. The van der Waals surface area contributed by atoms with Crippen LogP contribution in [0.4, 0.5) is 0 Å². The van der Waals surface area contributed by atoms with E-state index in [0.717, 1.165) is 0 Å². The van der Waals surface area contributed by atoms with E-state index >= 15 is 0 Å². The van der Waals surface area contributed by atoms with E-state index in [-0.39, 0.29) is 66.1 Å². The van der Waals surface area contributed by atoms with Crippen LogP contribution in [0.25, 0.3) is 72.7 Å². The summed E-state index contributed by atoms with van der Waals surface area (Å²) in [5, 5.41) is 13.1. The van der Waals surface area contributed by atoms with Gasteiger partial charge in [0, 0.05) is 82.4 Å². The average molecular weight is 1090 g/mol. The maximum absolute atomic E-state index is 13.1. The van der Waals surface area contributed by atoms with E-state index in [0.29, 0.717) is 22.8 Å². The Labute approximate surface area is 458 Å². The van der Waals surface area contributed by atoms with Gasteiger partial charge >= 0.3 is 0 Å². The number of rotatable bonds is 7. The Bertz CT molecular complexity index is 4390. The zero-order valence-corrected chi connectivity index (χ0v) is 38.5. The molecule has 6 aromatic carbocycles. The molecule has 0 atom stereocenters. The minimum absolute atomic E-state index is 0. The number of para-hydroxylation sites is 1. The number of hydrogen-bond donors (Lipinski definition) is 1. The molecule has 0 aliphatic heterocycles. The Morgan fingerprint density at radius 2 is 1.30 bits per heavy atom. The molecule has 0 saturated heterocycles. The minimum atomic E-state index is -4.32. The van der Waals surface area contributed by atoms with Gasteiger partial charge in [-0.25, -0.2) is 4.98 Å². The van der Waals surface area contributed by atoms with Gasteiger partial charge in [-0.05, 0) is 91.2 Å². The molecule has 5 heteroatoms. The van der Waals surface area contributed by atoms with Crippen molar-refractivity contribution in [2.75, 3.05) is 0 Å². The molecule has 0 unspecified atom stereocenters. The summed E-state index contributed by atoms with van der Waals surface area (Å²) in [5.74, 6) is -3.60. The number of fused-ring (bicyclic) bond motifs is 1. The standard InChI is InChI=1S/C61H66N3O.Pt/c1-38(2)41-25-28-53(49(34-41)40-19-16-15-17-20-40)64-54-22-18-21-48(55(54)63-57(64)50-36-47(60(9,10)11)37-51(56(50)65)61(12,13)14)43-31-44(33-46(32-43)59(6,7)8)52-35-42(29-30-62-52)39-23-26-45(27-24-39)58(3,4)5;/h15-30,32-38,65H,1-14H3;/q-1;/i3D3,4D3,5D3,9D3,10D3,11D3,12D3,13D3,14D3,23D,24D,26D,27D,29D,30D,35D,38D;. The number of aromatic nitrogens is 3. The number of nitrogens with zero attached hydrogens (tertiary/aromatic N) is 3. The van der Waals surface area contributed by atoms with Crippen molar-refractivity contribution in [3.8, 4) is 67.5 Å². The fourth-order valence-corrected chi connectivity index (χ4v) is 7.41. The van der Waals surface area contributed by atoms with Crippen molar-refractivity contribution in [3.05, 3.63) is 167 Å². The van der Waals surface area contributed by atoms with E-state index in [2.05, 4.69) is 11.1 Å². The van der Waals surface area contributed by atoms with Crippen molar-refractivity contribution in [2.24, 2.45) is 0 Å². The first kappa shape index (κ1) is 20.7. The van der Waals surface area contributed by atoms with Gasteiger partial charge in [-0.1, -0.05) is 192 Å². The Hall–Kier alpha value is -5.57. The molecule has 2 heterocycles. The van der Waals surface area contributed by atoms with Crippen LogP contribution in [-0.2, 0) is 42.7 Å². The average Bonchev–Trinajstić information content (AvgIpc) is 1.10. The topological polar surface area (TPSA) is 50.9 Å². The third kappa shape index (κ3) is 9.63. The molecule has 0 amide bonds. The fraction of sp³-hybridized carbons (Fsp3) is 0.311. The van der Waals surface area contributed by atoms with E-state index in [1.807, 2.05) is 0 Å². The van der Waals surface area contributed by atoms with Crippen LogP contribution in [0.3, 0.4) is 0 Å². The van der Waals surface area contributed by atoms with Gasteiger partial charge in [0.2, 0.25) is 0 Å². The second kappa shape index (κ2) is 17.9. The second-order valence-electron chi connectivity index (χ2n) is 17.1. The molecule has 0 fully saturated rings. The smallest absolute Gasteiger partial charge is 0.148 e. The number of pyridine rings is 1. The predicted octanol–water partition coefficient (Wildman–Crippen LogP) is 16.6. The first-order chi connectivity index (χ1) is 45.0. The number of hydrogen-bond acceptors (Lipinski definition) is 3. The summed E-state index contributed by atoms with van der Waals surface area (Å²) >= 11 is 0. The molecule has 2 aromatic heterocycles. The number of aromatic hydroxyl groups is 1. The molecule has 0 aliphatic rings. The van der Waals surface area contributed by atoms with Gasteiger partial charge in [0.25, 0.3) is 0 Å². The van der Waals surface area contributed by atoms with Gasteiger partial charge in [-0.15, -0.1) is 29.3 Å². The molecule has 342 valence electrons. The normalized spacial score (nSPS) is 22.1. The van der Waals surface area contributed by atoms with Gasteiger partial charge in [0.05, 0.1) is 31.9 Å².